The number of nitro benzene ring substituents is 1. The van der Waals surface area contributed by atoms with Gasteiger partial charge in [0.25, 0.3) is 11.6 Å². The van der Waals surface area contributed by atoms with Gasteiger partial charge in [0.15, 0.2) is 6.10 Å². The summed E-state index contributed by atoms with van der Waals surface area (Å²) >= 11 is 0. The minimum absolute atomic E-state index is 0.0375. The van der Waals surface area contributed by atoms with E-state index < -0.39 is 22.9 Å². The smallest absolute Gasteiger partial charge is 0.341 e. The number of hydrogen-bond donors (Lipinski definition) is 2. The molecule has 0 unspecified atom stereocenters. The molecule has 0 fully saturated rings. The third kappa shape index (κ3) is 4.76. The number of nitro groups is 1. The Morgan fingerprint density at radius 1 is 1.14 bits per heavy atom. The second-order valence-electron chi connectivity index (χ2n) is 5.98. The molecule has 0 spiro atoms. The quantitative estimate of drug-likeness (QED) is 0.425. The number of methoxy groups -OCH3 is 1. The maximum atomic E-state index is 12.5. The van der Waals surface area contributed by atoms with Crippen molar-refractivity contribution >= 4 is 28.9 Å². The molecule has 0 saturated heterocycles. The van der Waals surface area contributed by atoms with Crippen LogP contribution in [-0.2, 0) is 9.53 Å². The van der Waals surface area contributed by atoms with E-state index in [0.29, 0.717) is 17.1 Å². The van der Waals surface area contributed by atoms with Crippen molar-refractivity contribution in [2.75, 3.05) is 24.8 Å². The van der Waals surface area contributed by atoms with Crippen molar-refractivity contribution in [1.29, 1.82) is 0 Å². The lowest BCUT2D eigenvalue weighted by atomic mass is 10.1. The van der Waals surface area contributed by atoms with Crippen LogP contribution >= 0.6 is 0 Å². The number of carbonyl (C=O) groups is 2. The van der Waals surface area contributed by atoms with Crippen LogP contribution in [0.4, 0.5) is 17.1 Å². The molecule has 2 rings (SSSR count). The first-order chi connectivity index (χ1) is 13.3. The van der Waals surface area contributed by atoms with Gasteiger partial charge in [-0.1, -0.05) is 6.07 Å². The zero-order valence-corrected chi connectivity index (χ0v) is 15.9. The molecule has 0 saturated carbocycles. The molecule has 0 bridgehead atoms. The summed E-state index contributed by atoms with van der Waals surface area (Å²) in [5.41, 5.74) is 1.42. The number of rotatable bonds is 7. The number of nitrogens with zero attached hydrogens (tertiary/aromatic N) is 1. The maximum Gasteiger partial charge on any atom is 0.341 e. The summed E-state index contributed by atoms with van der Waals surface area (Å²) in [5, 5.41) is 16.4. The number of nitrogens with one attached hydrogen (secondary N) is 2. The normalized spacial score (nSPS) is 11.3. The Morgan fingerprint density at radius 3 is 2.46 bits per heavy atom. The second kappa shape index (κ2) is 8.85. The Bertz CT molecular complexity index is 913. The zero-order valence-electron chi connectivity index (χ0n) is 15.9. The molecular formula is C19H21N3O6. The average molecular weight is 387 g/mol. The van der Waals surface area contributed by atoms with Crippen LogP contribution < -0.4 is 15.4 Å². The van der Waals surface area contributed by atoms with Gasteiger partial charge in [-0.15, -0.1) is 0 Å². The number of esters is 1. The summed E-state index contributed by atoms with van der Waals surface area (Å²) in [6.07, 6.45) is -1.14. The lowest BCUT2D eigenvalue weighted by molar-refractivity contribution is -0.384. The van der Waals surface area contributed by atoms with E-state index in [-0.39, 0.29) is 11.3 Å². The van der Waals surface area contributed by atoms with Gasteiger partial charge in [0.1, 0.15) is 5.75 Å². The van der Waals surface area contributed by atoms with Crippen molar-refractivity contribution in [2.45, 2.75) is 20.0 Å². The van der Waals surface area contributed by atoms with Crippen LogP contribution in [0.3, 0.4) is 0 Å². The number of anilines is 2. The molecule has 9 nitrogen and oxygen atoms in total. The van der Waals surface area contributed by atoms with Crippen molar-refractivity contribution in [3.63, 3.8) is 0 Å². The van der Waals surface area contributed by atoms with Crippen LogP contribution in [0.25, 0.3) is 0 Å². The topological polar surface area (TPSA) is 120 Å². The van der Waals surface area contributed by atoms with Crippen LogP contribution in [0, 0.1) is 17.0 Å². The fraction of sp³-hybridized carbons (Fsp3) is 0.263. The van der Waals surface area contributed by atoms with Crippen LogP contribution in [0.2, 0.25) is 0 Å². The lowest BCUT2D eigenvalue weighted by Crippen LogP contribution is -2.30. The molecule has 148 valence electrons. The zero-order chi connectivity index (χ0) is 20.8. The van der Waals surface area contributed by atoms with Crippen LogP contribution in [-0.4, -0.2) is 37.1 Å². The maximum absolute atomic E-state index is 12.5. The third-order valence-corrected chi connectivity index (χ3v) is 3.97. The summed E-state index contributed by atoms with van der Waals surface area (Å²) in [7, 11) is 3.05. The van der Waals surface area contributed by atoms with E-state index in [2.05, 4.69) is 10.6 Å². The molecule has 0 aromatic heterocycles. The summed E-state index contributed by atoms with van der Waals surface area (Å²) in [6, 6.07) is 9.04. The van der Waals surface area contributed by atoms with Crippen LogP contribution in [0.1, 0.15) is 22.8 Å². The second-order valence-corrected chi connectivity index (χ2v) is 5.98. The highest BCUT2D eigenvalue weighted by Gasteiger charge is 2.23. The van der Waals surface area contributed by atoms with Gasteiger partial charge in [-0.2, -0.15) is 0 Å². The van der Waals surface area contributed by atoms with E-state index in [0.717, 1.165) is 11.6 Å². The highest BCUT2D eigenvalue weighted by Crippen LogP contribution is 2.26. The van der Waals surface area contributed by atoms with Gasteiger partial charge >= 0.3 is 5.97 Å². The molecular weight excluding hydrogens is 366 g/mol. The van der Waals surface area contributed by atoms with Gasteiger partial charge in [-0.25, -0.2) is 4.79 Å². The van der Waals surface area contributed by atoms with E-state index in [4.69, 9.17) is 9.47 Å². The Labute approximate surface area is 161 Å². The number of amides is 1. The van der Waals surface area contributed by atoms with Crippen LogP contribution in [0.15, 0.2) is 36.4 Å². The number of benzene rings is 2. The van der Waals surface area contributed by atoms with Crippen molar-refractivity contribution in [2.24, 2.45) is 0 Å². The summed E-state index contributed by atoms with van der Waals surface area (Å²) in [6.45, 7) is 3.27. The molecule has 0 aliphatic heterocycles. The molecule has 2 aromatic rings. The monoisotopic (exact) mass is 387 g/mol. The van der Waals surface area contributed by atoms with E-state index in [1.807, 2.05) is 13.0 Å². The van der Waals surface area contributed by atoms with Gasteiger partial charge in [0.05, 0.1) is 23.3 Å². The van der Waals surface area contributed by atoms with Crippen molar-refractivity contribution < 1.29 is 24.0 Å². The molecule has 0 heterocycles. The standard InChI is InChI=1S/C19H21N3O6/c1-11-5-8-17(27-4)16(9-11)21-18(23)12(2)28-19(24)14-10-13(22(25)26)6-7-15(14)20-3/h5-10,12,20H,1-4H3,(H,21,23)/t12-/m1/s1. The first-order valence-corrected chi connectivity index (χ1v) is 8.39. The van der Waals surface area contributed by atoms with Crippen molar-refractivity contribution in [3.05, 3.63) is 57.6 Å². The molecule has 28 heavy (non-hydrogen) atoms. The summed E-state index contributed by atoms with van der Waals surface area (Å²) < 4.78 is 10.4. The molecule has 0 radical (unpaired) electrons. The van der Waals surface area contributed by atoms with E-state index in [1.54, 1.807) is 19.2 Å². The van der Waals surface area contributed by atoms with E-state index in [9.17, 15) is 19.7 Å². The number of ether oxygens (including phenoxy) is 2. The number of non-ortho nitro benzene ring substituents is 1. The first-order valence-electron chi connectivity index (χ1n) is 8.39. The van der Waals surface area contributed by atoms with Crippen molar-refractivity contribution in [1.82, 2.24) is 0 Å². The largest absolute Gasteiger partial charge is 0.495 e. The highest BCUT2D eigenvalue weighted by molar-refractivity contribution is 6.00. The highest BCUT2D eigenvalue weighted by atomic mass is 16.6. The first kappa shape index (κ1) is 20.7. The van der Waals surface area contributed by atoms with Gasteiger partial charge in [-0.05, 0) is 37.6 Å². The SMILES string of the molecule is CNc1ccc([N+](=O)[O-])cc1C(=O)O[C@H](C)C(=O)Nc1cc(C)ccc1OC. The predicted octanol–water partition coefficient (Wildman–Crippen LogP) is 3.14. The number of carbonyl (C=O) groups excluding carboxylic acids is 2. The minimum atomic E-state index is -1.14. The predicted molar refractivity (Wildman–Crippen MR) is 104 cm³/mol. The summed E-state index contributed by atoms with van der Waals surface area (Å²) in [5.74, 6) is -0.950. The number of hydrogen-bond acceptors (Lipinski definition) is 7. The Hall–Kier alpha value is -3.62. The molecule has 0 aliphatic rings. The Morgan fingerprint density at radius 2 is 1.86 bits per heavy atom. The van der Waals surface area contributed by atoms with E-state index >= 15 is 0 Å². The van der Waals surface area contributed by atoms with Gasteiger partial charge < -0.3 is 20.1 Å². The molecule has 9 heteroatoms. The summed E-state index contributed by atoms with van der Waals surface area (Å²) in [4.78, 5) is 35.2. The molecule has 1 atom stereocenters. The molecule has 2 N–H and O–H groups in total. The minimum Gasteiger partial charge on any atom is -0.495 e. The number of aryl methyl sites for hydroxylation is 1. The fourth-order valence-electron chi connectivity index (χ4n) is 2.46. The lowest BCUT2D eigenvalue weighted by Gasteiger charge is -2.16. The average Bonchev–Trinajstić information content (AvgIpc) is 2.67. The molecule has 1 amide bonds. The molecule has 2 aromatic carbocycles. The van der Waals surface area contributed by atoms with Crippen molar-refractivity contribution in [3.8, 4) is 5.75 Å². The van der Waals surface area contributed by atoms with Crippen LogP contribution in [0.5, 0.6) is 5.75 Å². The Kier molecular flexibility index (Phi) is 6.54. The third-order valence-electron chi connectivity index (χ3n) is 3.97. The molecule has 0 aliphatic carbocycles. The van der Waals surface area contributed by atoms with Gasteiger partial charge in [0.2, 0.25) is 0 Å². The van der Waals surface area contributed by atoms with Gasteiger partial charge in [-0.3, -0.25) is 14.9 Å². The van der Waals surface area contributed by atoms with E-state index in [1.165, 1.54) is 26.2 Å². The van der Waals surface area contributed by atoms with Gasteiger partial charge in [0, 0.05) is 24.9 Å². The fourth-order valence-corrected chi connectivity index (χ4v) is 2.46. The Balaban J connectivity index is 2.16.